The van der Waals surface area contributed by atoms with Crippen molar-refractivity contribution < 1.29 is 0 Å². The lowest BCUT2D eigenvalue weighted by Crippen LogP contribution is -2.37. The van der Waals surface area contributed by atoms with Crippen LogP contribution in [0.5, 0.6) is 0 Å². The third kappa shape index (κ3) is 2.09. The smallest absolute Gasteiger partial charge is 0.0706 e. The fraction of sp³-hybridized carbons (Fsp3) is 0.389. The first kappa shape index (κ1) is 12.0. The summed E-state index contributed by atoms with van der Waals surface area (Å²) in [5, 5.41) is 3.72. The molecule has 0 bridgehead atoms. The lowest BCUT2D eigenvalue weighted by molar-refractivity contribution is 0.312. The van der Waals surface area contributed by atoms with Crippen LogP contribution in [-0.2, 0) is 6.42 Å². The van der Waals surface area contributed by atoms with E-state index in [1.54, 1.807) is 0 Å². The predicted molar refractivity (Wildman–Crippen MR) is 82.7 cm³/mol. The van der Waals surface area contributed by atoms with E-state index < -0.39 is 0 Å². The summed E-state index contributed by atoms with van der Waals surface area (Å²) in [7, 11) is 0. The van der Waals surface area contributed by atoms with Gasteiger partial charge in [0.2, 0.25) is 0 Å². The van der Waals surface area contributed by atoms with Gasteiger partial charge in [0.05, 0.1) is 17.1 Å². The van der Waals surface area contributed by atoms with Crippen molar-refractivity contribution in [3.63, 3.8) is 0 Å². The van der Waals surface area contributed by atoms with Crippen LogP contribution in [0.25, 0.3) is 11.3 Å². The zero-order valence-corrected chi connectivity index (χ0v) is 11.7. The Kier molecular flexibility index (Phi) is 2.95. The van der Waals surface area contributed by atoms with Gasteiger partial charge in [0.1, 0.15) is 0 Å². The molecule has 2 atom stereocenters. The molecule has 0 spiro atoms. The minimum Gasteiger partial charge on any atom is -0.381 e. The monoisotopic (exact) mass is 264 g/mol. The molecule has 1 aliphatic carbocycles. The van der Waals surface area contributed by atoms with E-state index in [9.17, 15) is 0 Å². The maximum Gasteiger partial charge on any atom is 0.0706 e. The largest absolute Gasteiger partial charge is 0.381 e. The van der Waals surface area contributed by atoms with Crippen molar-refractivity contribution in [1.82, 2.24) is 4.98 Å². The highest BCUT2D eigenvalue weighted by atomic mass is 15.0. The summed E-state index contributed by atoms with van der Waals surface area (Å²) >= 11 is 0. The van der Waals surface area contributed by atoms with E-state index in [0.29, 0.717) is 6.04 Å². The Balaban J connectivity index is 1.68. The molecule has 1 N–H and O–H groups in total. The number of aromatic nitrogens is 1. The molecule has 1 saturated carbocycles. The number of rotatable bonds is 1. The average Bonchev–Trinajstić information content (AvgIpc) is 2.53. The van der Waals surface area contributed by atoms with Gasteiger partial charge < -0.3 is 5.32 Å². The maximum absolute atomic E-state index is 4.91. The van der Waals surface area contributed by atoms with Crippen LogP contribution >= 0.6 is 0 Å². The van der Waals surface area contributed by atoms with Crippen molar-refractivity contribution in [1.29, 1.82) is 0 Å². The molecule has 2 heterocycles. The van der Waals surface area contributed by atoms with Gasteiger partial charge in [-0.2, -0.15) is 0 Å². The molecule has 2 aliphatic rings. The topological polar surface area (TPSA) is 24.9 Å². The Hall–Kier alpha value is -1.83. The number of fused-ring (bicyclic) bond motifs is 2. The van der Waals surface area contributed by atoms with Gasteiger partial charge in [-0.15, -0.1) is 0 Å². The van der Waals surface area contributed by atoms with Crippen molar-refractivity contribution in [2.24, 2.45) is 5.92 Å². The Bertz CT molecular complexity index is 606. The minimum absolute atomic E-state index is 0.681. The second kappa shape index (κ2) is 4.93. The van der Waals surface area contributed by atoms with Gasteiger partial charge in [-0.3, -0.25) is 4.98 Å². The first-order valence-corrected chi connectivity index (χ1v) is 7.72. The molecule has 102 valence electrons. The zero-order chi connectivity index (χ0) is 13.4. The first-order chi connectivity index (χ1) is 9.90. The van der Waals surface area contributed by atoms with Crippen molar-refractivity contribution in [3.05, 3.63) is 48.2 Å². The molecule has 1 aliphatic heterocycles. The van der Waals surface area contributed by atoms with Crippen LogP contribution in [0.2, 0.25) is 0 Å². The standard InChI is InChI=1S/C18H20N2/c1-2-6-13(7-3-1)16-10-11-17-18(20-16)12-14-8-4-5-9-15(14)19-17/h1-3,6-7,10-11,14-15,19H,4-5,8-9,12H2. The van der Waals surface area contributed by atoms with Gasteiger partial charge in [-0.1, -0.05) is 43.2 Å². The molecule has 2 nitrogen and oxygen atoms in total. The molecule has 1 aromatic heterocycles. The van der Waals surface area contributed by atoms with Gasteiger partial charge in [-0.25, -0.2) is 0 Å². The SMILES string of the molecule is c1ccc(-c2ccc3c(n2)CC2CCCCC2N3)cc1. The summed E-state index contributed by atoms with van der Waals surface area (Å²) in [6, 6.07) is 15.5. The number of pyridine rings is 1. The van der Waals surface area contributed by atoms with Crippen LogP contribution in [0.15, 0.2) is 42.5 Å². The highest BCUT2D eigenvalue weighted by Gasteiger charge is 2.30. The average molecular weight is 264 g/mol. The predicted octanol–water partition coefficient (Wildman–Crippen LogP) is 4.28. The minimum atomic E-state index is 0.681. The Morgan fingerprint density at radius 3 is 2.70 bits per heavy atom. The number of hydrogen-bond acceptors (Lipinski definition) is 2. The fourth-order valence-corrected chi connectivity index (χ4v) is 3.65. The molecular formula is C18H20N2. The fourth-order valence-electron chi connectivity index (χ4n) is 3.65. The molecule has 0 amide bonds. The molecule has 20 heavy (non-hydrogen) atoms. The summed E-state index contributed by atoms with van der Waals surface area (Å²) in [6.07, 6.45) is 6.59. The van der Waals surface area contributed by atoms with Crippen molar-refractivity contribution in [2.45, 2.75) is 38.1 Å². The molecule has 1 fully saturated rings. The molecule has 2 aromatic rings. The molecule has 2 heteroatoms. The number of benzene rings is 1. The maximum atomic E-state index is 4.91. The number of hydrogen-bond donors (Lipinski definition) is 1. The van der Waals surface area contributed by atoms with Gasteiger partial charge in [0.15, 0.2) is 0 Å². The van der Waals surface area contributed by atoms with E-state index in [1.165, 1.54) is 42.6 Å². The Morgan fingerprint density at radius 2 is 1.80 bits per heavy atom. The highest BCUT2D eigenvalue weighted by Crippen LogP contribution is 2.36. The van der Waals surface area contributed by atoms with Crippen molar-refractivity contribution in [2.75, 3.05) is 5.32 Å². The molecular weight excluding hydrogens is 244 g/mol. The molecule has 0 radical (unpaired) electrons. The van der Waals surface area contributed by atoms with Crippen LogP contribution in [0.3, 0.4) is 0 Å². The Morgan fingerprint density at radius 1 is 0.950 bits per heavy atom. The molecule has 1 aromatic carbocycles. The van der Waals surface area contributed by atoms with Gasteiger partial charge >= 0.3 is 0 Å². The quantitative estimate of drug-likeness (QED) is 0.831. The van der Waals surface area contributed by atoms with E-state index in [2.05, 4.69) is 47.8 Å². The third-order valence-electron chi connectivity index (χ3n) is 4.75. The van der Waals surface area contributed by atoms with Gasteiger partial charge in [0.25, 0.3) is 0 Å². The highest BCUT2D eigenvalue weighted by molar-refractivity contribution is 5.63. The summed E-state index contributed by atoms with van der Waals surface area (Å²) in [4.78, 5) is 4.91. The van der Waals surface area contributed by atoms with E-state index >= 15 is 0 Å². The molecule has 4 rings (SSSR count). The molecule has 2 unspecified atom stereocenters. The van der Waals surface area contributed by atoms with Crippen molar-refractivity contribution in [3.8, 4) is 11.3 Å². The van der Waals surface area contributed by atoms with Crippen LogP contribution in [0, 0.1) is 5.92 Å². The lowest BCUT2D eigenvalue weighted by Gasteiger charge is -2.37. The zero-order valence-electron chi connectivity index (χ0n) is 11.7. The Labute approximate surface area is 120 Å². The number of nitrogens with zero attached hydrogens (tertiary/aromatic N) is 1. The van der Waals surface area contributed by atoms with Crippen molar-refractivity contribution >= 4 is 5.69 Å². The number of anilines is 1. The van der Waals surface area contributed by atoms with Crippen LogP contribution < -0.4 is 5.32 Å². The van der Waals surface area contributed by atoms with Crippen LogP contribution in [-0.4, -0.2) is 11.0 Å². The second-order valence-electron chi connectivity index (χ2n) is 6.06. The van der Waals surface area contributed by atoms with E-state index in [4.69, 9.17) is 4.98 Å². The third-order valence-corrected chi connectivity index (χ3v) is 4.75. The normalized spacial score (nSPS) is 24.4. The van der Waals surface area contributed by atoms with Crippen LogP contribution in [0.4, 0.5) is 5.69 Å². The van der Waals surface area contributed by atoms with E-state index in [0.717, 1.165) is 18.0 Å². The summed E-state index contributed by atoms with van der Waals surface area (Å²) in [5.74, 6) is 0.787. The van der Waals surface area contributed by atoms with E-state index in [-0.39, 0.29) is 0 Å². The summed E-state index contributed by atoms with van der Waals surface area (Å²) < 4.78 is 0. The second-order valence-corrected chi connectivity index (χ2v) is 6.06. The lowest BCUT2D eigenvalue weighted by atomic mass is 9.79. The number of nitrogens with one attached hydrogen (secondary N) is 1. The summed E-state index contributed by atoms with van der Waals surface area (Å²) in [5.41, 5.74) is 4.82. The molecule has 0 saturated heterocycles. The van der Waals surface area contributed by atoms with Crippen LogP contribution in [0.1, 0.15) is 31.4 Å². The van der Waals surface area contributed by atoms with E-state index in [1.807, 2.05) is 0 Å². The summed E-state index contributed by atoms with van der Waals surface area (Å²) in [6.45, 7) is 0. The van der Waals surface area contributed by atoms with Gasteiger partial charge in [0, 0.05) is 11.6 Å². The van der Waals surface area contributed by atoms with Gasteiger partial charge in [-0.05, 0) is 37.3 Å². The first-order valence-electron chi connectivity index (χ1n) is 7.72.